The zero-order valence-corrected chi connectivity index (χ0v) is 21.6. The second-order valence-electron chi connectivity index (χ2n) is 10.4. The summed E-state index contributed by atoms with van der Waals surface area (Å²) in [5.41, 5.74) is 4.81. The van der Waals surface area contributed by atoms with Crippen molar-refractivity contribution < 1.29 is 19.4 Å². The summed E-state index contributed by atoms with van der Waals surface area (Å²) in [6.07, 6.45) is 0. The van der Waals surface area contributed by atoms with E-state index in [1.807, 2.05) is 30.3 Å². The molecule has 8 nitrogen and oxygen atoms in total. The summed E-state index contributed by atoms with van der Waals surface area (Å²) < 4.78 is 0. The van der Waals surface area contributed by atoms with Crippen molar-refractivity contribution in [1.82, 2.24) is 0 Å². The molecule has 0 saturated carbocycles. The van der Waals surface area contributed by atoms with E-state index in [-0.39, 0.29) is 28.5 Å². The molecule has 198 valence electrons. The number of nitro groups is 2. The fraction of sp³-hybridized carbons (Fsp3) is 0. The van der Waals surface area contributed by atoms with Crippen molar-refractivity contribution in [2.45, 2.75) is 0 Å². The van der Waals surface area contributed by atoms with Crippen LogP contribution in [0.5, 0.6) is 0 Å². The van der Waals surface area contributed by atoms with Gasteiger partial charge in [-0.25, -0.2) is 0 Å². The minimum Gasteiger partial charge on any atom is -0.289 e. The van der Waals surface area contributed by atoms with Crippen molar-refractivity contribution in [1.29, 1.82) is 0 Å². The Morgan fingerprint density at radius 2 is 1.12 bits per heavy atom. The van der Waals surface area contributed by atoms with Crippen LogP contribution in [0.1, 0.15) is 31.8 Å². The number of non-ortho nitro benzene ring substituents is 1. The van der Waals surface area contributed by atoms with Crippen LogP contribution in [0.2, 0.25) is 0 Å². The highest BCUT2D eigenvalue weighted by atomic mass is 16.6. The van der Waals surface area contributed by atoms with Gasteiger partial charge in [-0.15, -0.1) is 0 Å². The van der Waals surface area contributed by atoms with Crippen molar-refractivity contribution in [3.63, 3.8) is 0 Å². The first kappa shape index (κ1) is 23.8. The van der Waals surface area contributed by atoms with Crippen molar-refractivity contribution in [2.24, 2.45) is 0 Å². The van der Waals surface area contributed by atoms with E-state index in [4.69, 9.17) is 0 Å². The Balaban J connectivity index is 1.49. The van der Waals surface area contributed by atoms with E-state index in [2.05, 4.69) is 0 Å². The lowest BCUT2D eigenvalue weighted by molar-refractivity contribution is -0.384. The predicted molar refractivity (Wildman–Crippen MR) is 158 cm³/mol. The Hall–Kier alpha value is -6.02. The molecule has 0 unspecified atom stereocenters. The van der Waals surface area contributed by atoms with Crippen LogP contribution in [0.3, 0.4) is 0 Å². The average Bonchev–Trinajstić information content (AvgIpc) is 3.01. The molecule has 0 spiro atoms. The van der Waals surface area contributed by atoms with Crippen LogP contribution in [0.15, 0.2) is 97.1 Å². The summed E-state index contributed by atoms with van der Waals surface area (Å²) >= 11 is 0. The van der Waals surface area contributed by atoms with Crippen LogP contribution in [-0.2, 0) is 0 Å². The number of benzene rings is 6. The highest BCUT2D eigenvalue weighted by molar-refractivity contribution is 6.29. The van der Waals surface area contributed by atoms with Crippen LogP contribution in [0.4, 0.5) is 11.4 Å². The minimum atomic E-state index is -0.541. The van der Waals surface area contributed by atoms with Crippen LogP contribution < -0.4 is 0 Å². The maximum absolute atomic E-state index is 13.4. The lowest BCUT2D eigenvalue weighted by atomic mass is 9.79. The Morgan fingerprint density at radius 3 is 1.88 bits per heavy atom. The van der Waals surface area contributed by atoms with Crippen LogP contribution in [0.25, 0.3) is 54.9 Å². The van der Waals surface area contributed by atoms with E-state index in [0.717, 1.165) is 5.56 Å². The molecule has 0 aliphatic heterocycles. The first-order chi connectivity index (χ1) is 20.3. The number of hydrogen-bond donors (Lipinski definition) is 0. The van der Waals surface area contributed by atoms with E-state index >= 15 is 0 Å². The SMILES string of the molecule is O=C1c2cc([N+](=O)[O-])ccc2-c2cc(-c3cc4c5c(cccc5c3[N+](=O)[O-])C(=O)c3ccccc3-4)cc3cccc1c23. The summed E-state index contributed by atoms with van der Waals surface area (Å²) in [6, 6.07) is 27.2. The molecule has 2 aliphatic rings. The summed E-state index contributed by atoms with van der Waals surface area (Å²) in [4.78, 5) is 50.0. The van der Waals surface area contributed by atoms with Gasteiger partial charge in [0.05, 0.1) is 20.8 Å². The van der Waals surface area contributed by atoms with Gasteiger partial charge in [0.25, 0.3) is 11.4 Å². The second kappa shape index (κ2) is 8.25. The maximum Gasteiger partial charge on any atom is 0.285 e. The molecule has 6 aromatic carbocycles. The Morgan fingerprint density at radius 1 is 0.476 bits per heavy atom. The highest BCUT2D eigenvalue weighted by Gasteiger charge is 2.32. The molecule has 0 saturated heterocycles. The molecule has 0 bridgehead atoms. The lowest BCUT2D eigenvalue weighted by Crippen LogP contribution is -2.11. The number of hydrogen-bond acceptors (Lipinski definition) is 6. The number of carbonyl (C=O) groups is 2. The van der Waals surface area contributed by atoms with Gasteiger partial charge in [0.1, 0.15) is 0 Å². The molecule has 0 heterocycles. The number of fused-ring (bicyclic) bond motifs is 4. The number of nitrogens with zero attached hydrogens (tertiary/aromatic N) is 2. The van der Waals surface area contributed by atoms with Crippen LogP contribution >= 0.6 is 0 Å². The molecular weight excluding hydrogens is 532 g/mol. The Labute approximate surface area is 236 Å². The molecule has 0 aromatic heterocycles. The number of ketones is 2. The number of carbonyl (C=O) groups excluding carboxylic acids is 2. The molecule has 0 radical (unpaired) electrons. The fourth-order valence-electron chi connectivity index (χ4n) is 6.55. The van der Waals surface area contributed by atoms with Crippen LogP contribution in [0, 0.1) is 20.2 Å². The molecule has 0 fully saturated rings. The average molecular weight is 549 g/mol. The highest BCUT2D eigenvalue weighted by Crippen LogP contribution is 2.49. The third-order valence-electron chi connectivity index (χ3n) is 8.30. The van der Waals surface area contributed by atoms with Gasteiger partial charge in [-0.1, -0.05) is 54.6 Å². The smallest absolute Gasteiger partial charge is 0.285 e. The van der Waals surface area contributed by atoms with Gasteiger partial charge >= 0.3 is 0 Å². The summed E-state index contributed by atoms with van der Waals surface area (Å²) in [5, 5.41) is 26.5. The van der Waals surface area contributed by atoms with Crippen molar-refractivity contribution in [3.05, 3.63) is 140 Å². The largest absolute Gasteiger partial charge is 0.289 e. The topological polar surface area (TPSA) is 120 Å². The van der Waals surface area contributed by atoms with Gasteiger partial charge in [-0.2, -0.15) is 0 Å². The monoisotopic (exact) mass is 548 g/mol. The van der Waals surface area contributed by atoms with Crippen molar-refractivity contribution in [2.75, 3.05) is 0 Å². The Bertz CT molecular complexity index is 2300. The number of nitro benzene ring substituents is 2. The molecule has 8 heteroatoms. The third-order valence-corrected chi connectivity index (χ3v) is 8.30. The minimum absolute atomic E-state index is 0.124. The molecule has 8 rings (SSSR count). The molecule has 42 heavy (non-hydrogen) atoms. The zero-order chi connectivity index (χ0) is 28.9. The van der Waals surface area contributed by atoms with Gasteiger partial charge in [-0.05, 0) is 63.5 Å². The summed E-state index contributed by atoms with van der Waals surface area (Å²) in [6.45, 7) is 0. The maximum atomic E-state index is 13.4. The van der Waals surface area contributed by atoms with E-state index in [0.29, 0.717) is 66.1 Å². The van der Waals surface area contributed by atoms with E-state index in [1.165, 1.54) is 12.1 Å². The Kier molecular flexibility index (Phi) is 4.68. The first-order valence-corrected chi connectivity index (χ1v) is 13.1. The van der Waals surface area contributed by atoms with Crippen molar-refractivity contribution in [3.8, 4) is 33.4 Å². The van der Waals surface area contributed by atoms with Gasteiger partial charge in [-0.3, -0.25) is 29.8 Å². The standard InChI is InChI=1S/C34H16N2O6/c37-33-22-7-2-1-6-20(22)28-16-26(32(36(41)42)23-8-4-10-25(33)31(23)28)18-13-17-5-3-9-24-30(17)27(14-18)21-12-11-19(35(39)40)15-29(21)34(24)38/h1-16H. The van der Waals surface area contributed by atoms with E-state index < -0.39 is 9.85 Å². The third kappa shape index (κ3) is 3.06. The molecular formula is C34H16N2O6. The fourth-order valence-corrected chi connectivity index (χ4v) is 6.55. The van der Waals surface area contributed by atoms with Gasteiger partial charge < -0.3 is 0 Å². The molecule has 0 N–H and O–H groups in total. The molecule has 0 atom stereocenters. The lowest BCUT2D eigenvalue weighted by Gasteiger charge is -2.23. The van der Waals surface area contributed by atoms with Gasteiger partial charge in [0, 0.05) is 45.2 Å². The van der Waals surface area contributed by atoms with Gasteiger partial charge in [0.2, 0.25) is 0 Å². The predicted octanol–water partition coefficient (Wildman–Crippen LogP) is 7.90. The van der Waals surface area contributed by atoms with Gasteiger partial charge in [0.15, 0.2) is 11.6 Å². The first-order valence-electron chi connectivity index (χ1n) is 13.1. The zero-order valence-electron chi connectivity index (χ0n) is 21.6. The molecule has 2 aliphatic carbocycles. The quantitative estimate of drug-likeness (QED) is 0.163. The number of rotatable bonds is 3. The van der Waals surface area contributed by atoms with Crippen LogP contribution in [-0.4, -0.2) is 21.4 Å². The normalized spacial score (nSPS) is 12.8. The molecule has 6 aromatic rings. The van der Waals surface area contributed by atoms with E-state index in [9.17, 15) is 29.8 Å². The summed E-state index contributed by atoms with van der Waals surface area (Å²) in [7, 11) is 0. The summed E-state index contributed by atoms with van der Waals surface area (Å²) in [5.74, 6) is -0.488. The second-order valence-corrected chi connectivity index (χ2v) is 10.4. The molecule has 0 amide bonds. The van der Waals surface area contributed by atoms with Crippen molar-refractivity contribution >= 4 is 44.5 Å². The van der Waals surface area contributed by atoms with E-state index in [1.54, 1.807) is 54.6 Å².